The fraction of sp³-hybridized carbons (Fsp3) is 0.167. The van der Waals surface area contributed by atoms with Gasteiger partial charge in [-0.05, 0) is 23.8 Å². The number of pyridine rings is 1. The Labute approximate surface area is 110 Å². The number of hydrogen-bond donors (Lipinski definition) is 0. The highest BCUT2D eigenvalue weighted by Crippen LogP contribution is 2.12. The van der Waals surface area contributed by atoms with Crippen LogP contribution in [-0.4, -0.2) is 22.2 Å². The van der Waals surface area contributed by atoms with Crippen molar-refractivity contribution in [2.75, 3.05) is 11.9 Å². The van der Waals surface area contributed by atoms with Gasteiger partial charge in [0.05, 0.1) is 0 Å². The summed E-state index contributed by atoms with van der Waals surface area (Å²) in [6, 6.07) is 8.98. The molecular weight excluding hydrogens is 250 g/mol. The number of anilines is 1. The van der Waals surface area contributed by atoms with E-state index in [1.165, 1.54) is 0 Å². The molecule has 2 rings (SSSR count). The van der Waals surface area contributed by atoms with Crippen LogP contribution in [0.5, 0.6) is 0 Å². The van der Waals surface area contributed by atoms with Gasteiger partial charge in [0.15, 0.2) is 11.5 Å². The molecule has 0 aliphatic heterocycles. The summed E-state index contributed by atoms with van der Waals surface area (Å²) in [6.45, 7) is 0.644. The van der Waals surface area contributed by atoms with E-state index in [0.717, 1.165) is 5.56 Å². The van der Waals surface area contributed by atoms with Crippen molar-refractivity contribution < 1.29 is 0 Å². The van der Waals surface area contributed by atoms with Crippen molar-refractivity contribution in [3.05, 3.63) is 46.9 Å². The van der Waals surface area contributed by atoms with E-state index in [1.54, 1.807) is 24.4 Å². The minimum atomic E-state index is 0.306. The molecule has 0 aromatic carbocycles. The van der Waals surface area contributed by atoms with Crippen molar-refractivity contribution in [3.63, 3.8) is 0 Å². The largest absolute Gasteiger partial charge is 0.354 e. The third-order valence-electron chi connectivity index (χ3n) is 2.36. The molecule has 2 heterocycles. The Morgan fingerprint density at radius 2 is 2.11 bits per heavy atom. The summed E-state index contributed by atoms with van der Waals surface area (Å²) < 4.78 is 0. The molecule has 5 nitrogen and oxygen atoms in total. The third-order valence-corrected chi connectivity index (χ3v) is 2.59. The second kappa shape index (κ2) is 5.43. The van der Waals surface area contributed by atoms with Gasteiger partial charge in [-0.25, -0.2) is 4.98 Å². The Balaban J connectivity index is 2.09. The molecule has 0 radical (unpaired) electrons. The minimum absolute atomic E-state index is 0.306. The van der Waals surface area contributed by atoms with Gasteiger partial charge in [-0.2, -0.15) is 5.26 Å². The highest BCUT2D eigenvalue weighted by atomic mass is 35.5. The average Bonchev–Trinajstić information content (AvgIpc) is 2.41. The summed E-state index contributed by atoms with van der Waals surface area (Å²) in [4.78, 5) is 5.93. The maximum Gasteiger partial charge on any atom is 0.163 e. The first kappa shape index (κ1) is 12.3. The van der Waals surface area contributed by atoms with Crippen molar-refractivity contribution in [2.24, 2.45) is 0 Å². The Morgan fingerprint density at radius 3 is 2.67 bits per heavy atom. The zero-order chi connectivity index (χ0) is 13.0. The number of hydrogen-bond acceptors (Lipinski definition) is 5. The van der Waals surface area contributed by atoms with Gasteiger partial charge in [-0.15, -0.1) is 10.2 Å². The molecule has 6 heteroatoms. The summed E-state index contributed by atoms with van der Waals surface area (Å²) in [5, 5.41) is 16.9. The normalized spacial score (nSPS) is 9.83. The van der Waals surface area contributed by atoms with Crippen LogP contribution in [0.2, 0.25) is 5.15 Å². The monoisotopic (exact) mass is 259 g/mol. The van der Waals surface area contributed by atoms with Crippen LogP contribution < -0.4 is 4.90 Å². The molecule has 0 N–H and O–H groups in total. The minimum Gasteiger partial charge on any atom is -0.354 e. The van der Waals surface area contributed by atoms with Crippen molar-refractivity contribution in [1.82, 2.24) is 15.2 Å². The van der Waals surface area contributed by atoms with Crippen molar-refractivity contribution in [3.8, 4) is 6.07 Å². The van der Waals surface area contributed by atoms with Crippen LogP contribution in [-0.2, 0) is 6.54 Å². The lowest BCUT2D eigenvalue weighted by molar-refractivity contribution is 0.859. The number of aromatic nitrogens is 3. The van der Waals surface area contributed by atoms with Gasteiger partial charge in [0.1, 0.15) is 11.2 Å². The molecule has 0 spiro atoms. The molecule has 0 bridgehead atoms. The molecule has 0 aliphatic rings. The van der Waals surface area contributed by atoms with E-state index in [-0.39, 0.29) is 0 Å². The Hall–Kier alpha value is -2.19. The highest BCUT2D eigenvalue weighted by molar-refractivity contribution is 6.29. The van der Waals surface area contributed by atoms with Crippen LogP contribution in [0.25, 0.3) is 0 Å². The van der Waals surface area contributed by atoms with E-state index in [0.29, 0.717) is 23.2 Å². The molecule has 0 atom stereocenters. The lowest BCUT2D eigenvalue weighted by Crippen LogP contribution is -2.18. The predicted molar refractivity (Wildman–Crippen MR) is 68.1 cm³/mol. The first-order valence-electron chi connectivity index (χ1n) is 5.24. The lowest BCUT2D eigenvalue weighted by Gasteiger charge is -2.17. The Bertz CT molecular complexity index is 559. The molecule has 2 aromatic rings. The average molecular weight is 260 g/mol. The summed E-state index contributed by atoms with van der Waals surface area (Å²) >= 11 is 5.72. The summed E-state index contributed by atoms with van der Waals surface area (Å²) in [5.41, 5.74) is 1.33. The van der Waals surface area contributed by atoms with E-state index in [9.17, 15) is 0 Å². The summed E-state index contributed by atoms with van der Waals surface area (Å²) in [5.74, 6) is 0.698. The fourth-order valence-corrected chi connectivity index (χ4v) is 1.56. The van der Waals surface area contributed by atoms with E-state index in [1.807, 2.05) is 24.1 Å². The zero-order valence-corrected chi connectivity index (χ0v) is 10.5. The smallest absolute Gasteiger partial charge is 0.163 e. The molecule has 0 saturated heterocycles. The van der Waals surface area contributed by atoms with Crippen LogP contribution in [0.4, 0.5) is 5.82 Å². The molecule has 0 fully saturated rings. The molecule has 0 aliphatic carbocycles. The third kappa shape index (κ3) is 2.93. The zero-order valence-electron chi connectivity index (χ0n) is 9.71. The van der Waals surface area contributed by atoms with Gasteiger partial charge < -0.3 is 4.90 Å². The quantitative estimate of drug-likeness (QED) is 0.789. The van der Waals surface area contributed by atoms with E-state index in [2.05, 4.69) is 15.2 Å². The van der Waals surface area contributed by atoms with Crippen molar-refractivity contribution in [2.45, 2.75) is 6.54 Å². The molecule has 2 aromatic heterocycles. The van der Waals surface area contributed by atoms with Gasteiger partial charge in [0.25, 0.3) is 0 Å². The van der Waals surface area contributed by atoms with Gasteiger partial charge in [-0.1, -0.05) is 17.7 Å². The van der Waals surface area contributed by atoms with Gasteiger partial charge in [0, 0.05) is 19.8 Å². The van der Waals surface area contributed by atoms with Gasteiger partial charge >= 0.3 is 0 Å². The molecule has 18 heavy (non-hydrogen) atoms. The lowest BCUT2D eigenvalue weighted by atomic mass is 10.2. The molecular formula is C12H10ClN5. The van der Waals surface area contributed by atoms with Gasteiger partial charge in [-0.3, -0.25) is 0 Å². The summed E-state index contributed by atoms with van der Waals surface area (Å²) in [6.07, 6.45) is 1.72. The maximum absolute atomic E-state index is 8.64. The number of nitrogens with zero attached hydrogens (tertiary/aromatic N) is 5. The first-order valence-corrected chi connectivity index (χ1v) is 5.62. The SMILES string of the molecule is CN(Cc1ccc(Cl)nc1)c1ccc(C#N)nn1. The van der Waals surface area contributed by atoms with Gasteiger partial charge in [0.2, 0.25) is 0 Å². The maximum atomic E-state index is 8.64. The molecule has 0 saturated carbocycles. The molecule has 0 unspecified atom stereocenters. The standard InChI is InChI=1S/C12H10ClN5/c1-18(8-9-2-4-11(13)15-7-9)12-5-3-10(6-14)16-17-12/h2-5,7H,8H2,1H3. The number of rotatable bonds is 3. The van der Waals surface area contributed by atoms with Crippen LogP contribution in [0, 0.1) is 11.3 Å². The van der Waals surface area contributed by atoms with Crippen LogP contribution in [0.15, 0.2) is 30.5 Å². The Morgan fingerprint density at radius 1 is 1.28 bits per heavy atom. The fourth-order valence-electron chi connectivity index (χ4n) is 1.44. The predicted octanol–water partition coefficient (Wildman–Crippen LogP) is 2.03. The van der Waals surface area contributed by atoms with Crippen molar-refractivity contribution >= 4 is 17.4 Å². The van der Waals surface area contributed by atoms with E-state index < -0.39 is 0 Å². The van der Waals surface area contributed by atoms with Crippen LogP contribution in [0.3, 0.4) is 0 Å². The van der Waals surface area contributed by atoms with E-state index >= 15 is 0 Å². The van der Waals surface area contributed by atoms with E-state index in [4.69, 9.17) is 16.9 Å². The second-order valence-corrected chi connectivity index (χ2v) is 4.12. The number of nitriles is 1. The summed E-state index contributed by atoms with van der Waals surface area (Å²) in [7, 11) is 1.89. The Kier molecular flexibility index (Phi) is 3.70. The topological polar surface area (TPSA) is 65.7 Å². The van der Waals surface area contributed by atoms with Crippen LogP contribution in [0.1, 0.15) is 11.3 Å². The molecule has 0 amide bonds. The first-order chi connectivity index (χ1) is 8.69. The molecule has 90 valence electrons. The number of halogens is 1. The van der Waals surface area contributed by atoms with Crippen LogP contribution >= 0.6 is 11.6 Å². The second-order valence-electron chi connectivity index (χ2n) is 3.73. The highest BCUT2D eigenvalue weighted by Gasteiger charge is 2.05. The van der Waals surface area contributed by atoms with Crippen molar-refractivity contribution in [1.29, 1.82) is 5.26 Å².